The first-order valence-corrected chi connectivity index (χ1v) is 10.6. The molecule has 2 heterocycles. The molecule has 164 valence electrons. The van der Waals surface area contributed by atoms with Crippen LogP contribution in [0.2, 0.25) is 0 Å². The van der Waals surface area contributed by atoms with Crippen molar-refractivity contribution in [2.45, 2.75) is 26.8 Å². The van der Waals surface area contributed by atoms with Gasteiger partial charge in [-0.05, 0) is 31.9 Å². The number of rotatable bonds is 7. The molecule has 0 atom stereocenters. The molecule has 0 radical (unpaired) electrons. The fourth-order valence-electron chi connectivity index (χ4n) is 3.71. The van der Waals surface area contributed by atoms with Crippen LogP contribution in [0.15, 0.2) is 47.5 Å². The number of aromatic nitrogens is 2. The lowest BCUT2D eigenvalue weighted by atomic mass is 10.2. The highest BCUT2D eigenvalue weighted by Gasteiger charge is 2.18. The number of halogens is 1. The molecule has 1 aromatic carbocycles. The van der Waals surface area contributed by atoms with Crippen LogP contribution in [0.4, 0.5) is 0 Å². The zero-order valence-corrected chi connectivity index (χ0v) is 20.8. The second-order valence-electron chi connectivity index (χ2n) is 7.58. The lowest BCUT2D eigenvalue weighted by Crippen LogP contribution is -2.52. The molecule has 1 aromatic heterocycles. The molecule has 1 aliphatic heterocycles. The van der Waals surface area contributed by atoms with Gasteiger partial charge >= 0.3 is 0 Å². The van der Waals surface area contributed by atoms with E-state index in [1.165, 1.54) is 11.3 Å². The SMILES string of the molecule is CN=C(NCCCn1nc(C)cc1C)N1CCN(C/C=C/c2ccccc2)CC1.I. The lowest BCUT2D eigenvalue weighted by Gasteiger charge is -2.36. The van der Waals surface area contributed by atoms with E-state index in [9.17, 15) is 0 Å². The Morgan fingerprint density at radius 2 is 1.87 bits per heavy atom. The number of aliphatic imine (C=N–C) groups is 1. The van der Waals surface area contributed by atoms with Crippen molar-refractivity contribution in [2.24, 2.45) is 4.99 Å². The normalized spacial score (nSPS) is 15.4. The summed E-state index contributed by atoms with van der Waals surface area (Å²) in [5.41, 5.74) is 3.57. The predicted octanol–water partition coefficient (Wildman–Crippen LogP) is 3.41. The van der Waals surface area contributed by atoms with E-state index in [0.29, 0.717) is 0 Å². The number of benzene rings is 1. The zero-order chi connectivity index (χ0) is 20.5. The Bertz CT molecular complexity index is 806. The third-order valence-corrected chi connectivity index (χ3v) is 5.29. The number of piperazine rings is 1. The first-order chi connectivity index (χ1) is 14.2. The summed E-state index contributed by atoms with van der Waals surface area (Å²) in [5.74, 6) is 1.01. The van der Waals surface area contributed by atoms with Crippen molar-refractivity contribution in [1.29, 1.82) is 0 Å². The average molecular weight is 522 g/mol. The van der Waals surface area contributed by atoms with Crippen LogP contribution in [0.25, 0.3) is 6.08 Å². The predicted molar refractivity (Wildman–Crippen MR) is 137 cm³/mol. The molecule has 7 heteroatoms. The van der Waals surface area contributed by atoms with Gasteiger partial charge in [-0.3, -0.25) is 14.6 Å². The van der Waals surface area contributed by atoms with Crippen molar-refractivity contribution in [3.8, 4) is 0 Å². The Labute approximate surface area is 198 Å². The molecule has 2 aromatic rings. The van der Waals surface area contributed by atoms with Gasteiger partial charge in [0, 0.05) is 58.6 Å². The van der Waals surface area contributed by atoms with Crippen molar-refractivity contribution in [1.82, 2.24) is 24.9 Å². The summed E-state index contributed by atoms with van der Waals surface area (Å²) in [4.78, 5) is 9.34. The van der Waals surface area contributed by atoms with Gasteiger partial charge in [-0.1, -0.05) is 42.5 Å². The second-order valence-corrected chi connectivity index (χ2v) is 7.58. The highest BCUT2D eigenvalue weighted by atomic mass is 127. The Morgan fingerprint density at radius 1 is 1.13 bits per heavy atom. The summed E-state index contributed by atoms with van der Waals surface area (Å²) in [6.07, 6.45) is 5.50. The van der Waals surface area contributed by atoms with Crippen molar-refractivity contribution in [3.63, 3.8) is 0 Å². The molecule has 0 spiro atoms. The smallest absolute Gasteiger partial charge is 0.193 e. The fraction of sp³-hybridized carbons (Fsp3) is 0.478. The van der Waals surface area contributed by atoms with Crippen LogP contribution in [-0.4, -0.2) is 71.9 Å². The van der Waals surface area contributed by atoms with E-state index in [2.05, 4.69) is 85.4 Å². The van der Waals surface area contributed by atoms with Crippen LogP contribution >= 0.6 is 24.0 Å². The highest BCUT2D eigenvalue weighted by Crippen LogP contribution is 2.06. The molecule has 0 bridgehead atoms. The Morgan fingerprint density at radius 3 is 2.50 bits per heavy atom. The van der Waals surface area contributed by atoms with Gasteiger partial charge in [-0.15, -0.1) is 24.0 Å². The molecule has 0 unspecified atom stereocenters. The number of nitrogens with zero attached hydrogens (tertiary/aromatic N) is 5. The molecule has 1 N–H and O–H groups in total. The van der Waals surface area contributed by atoms with Crippen LogP contribution in [0, 0.1) is 13.8 Å². The number of hydrogen-bond donors (Lipinski definition) is 1. The molecule has 0 amide bonds. The number of aryl methyl sites for hydroxylation is 3. The minimum Gasteiger partial charge on any atom is -0.356 e. The van der Waals surface area contributed by atoms with Crippen molar-refractivity contribution in [2.75, 3.05) is 46.3 Å². The maximum Gasteiger partial charge on any atom is 0.193 e. The summed E-state index contributed by atoms with van der Waals surface area (Å²) >= 11 is 0. The Balaban J connectivity index is 0.00000320. The van der Waals surface area contributed by atoms with E-state index in [4.69, 9.17) is 0 Å². The summed E-state index contributed by atoms with van der Waals surface area (Å²) in [5, 5.41) is 8.04. The van der Waals surface area contributed by atoms with Gasteiger partial charge in [0.1, 0.15) is 0 Å². The molecule has 0 saturated carbocycles. The maximum absolute atomic E-state index is 4.53. The molecular formula is C23H35IN6. The summed E-state index contributed by atoms with van der Waals surface area (Å²) in [7, 11) is 1.87. The van der Waals surface area contributed by atoms with E-state index >= 15 is 0 Å². The molecule has 6 nitrogen and oxygen atoms in total. The molecule has 30 heavy (non-hydrogen) atoms. The van der Waals surface area contributed by atoms with Gasteiger partial charge in [-0.2, -0.15) is 5.10 Å². The monoisotopic (exact) mass is 522 g/mol. The number of hydrogen-bond acceptors (Lipinski definition) is 3. The second kappa shape index (κ2) is 12.7. The van der Waals surface area contributed by atoms with E-state index < -0.39 is 0 Å². The fourth-order valence-corrected chi connectivity index (χ4v) is 3.71. The largest absolute Gasteiger partial charge is 0.356 e. The van der Waals surface area contributed by atoms with Crippen LogP contribution in [-0.2, 0) is 6.54 Å². The Hall–Kier alpha value is -1.87. The zero-order valence-electron chi connectivity index (χ0n) is 18.4. The van der Waals surface area contributed by atoms with Gasteiger partial charge in [0.15, 0.2) is 5.96 Å². The van der Waals surface area contributed by atoms with Gasteiger partial charge in [0.2, 0.25) is 0 Å². The highest BCUT2D eigenvalue weighted by molar-refractivity contribution is 14.0. The third-order valence-electron chi connectivity index (χ3n) is 5.29. The van der Waals surface area contributed by atoms with E-state index in [1.54, 1.807) is 0 Å². The molecule has 1 saturated heterocycles. The topological polar surface area (TPSA) is 48.7 Å². The van der Waals surface area contributed by atoms with Crippen LogP contribution in [0.1, 0.15) is 23.4 Å². The first kappa shape index (κ1) is 24.4. The summed E-state index contributed by atoms with van der Waals surface area (Å²) < 4.78 is 2.08. The number of nitrogens with one attached hydrogen (secondary N) is 1. The van der Waals surface area contributed by atoms with E-state index in [1.807, 2.05) is 14.0 Å². The molecule has 1 fully saturated rings. The maximum atomic E-state index is 4.53. The van der Waals surface area contributed by atoms with E-state index in [0.717, 1.165) is 63.9 Å². The van der Waals surface area contributed by atoms with Gasteiger partial charge in [0.25, 0.3) is 0 Å². The lowest BCUT2D eigenvalue weighted by molar-refractivity contribution is 0.194. The van der Waals surface area contributed by atoms with Crippen LogP contribution in [0.5, 0.6) is 0 Å². The Kier molecular flexibility index (Phi) is 10.4. The van der Waals surface area contributed by atoms with Gasteiger partial charge < -0.3 is 10.2 Å². The van der Waals surface area contributed by atoms with Crippen molar-refractivity contribution in [3.05, 3.63) is 59.4 Å². The van der Waals surface area contributed by atoms with Crippen molar-refractivity contribution < 1.29 is 0 Å². The minimum atomic E-state index is 0. The summed E-state index contributed by atoms with van der Waals surface area (Å²) in [6.45, 7) is 11.1. The van der Waals surface area contributed by atoms with Crippen LogP contribution < -0.4 is 5.32 Å². The first-order valence-electron chi connectivity index (χ1n) is 10.6. The average Bonchev–Trinajstić information content (AvgIpc) is 3.06. The van der Waals surface area contributed by atoms with Crippen molar-refractivity contribution >= 4 is 36.0 Å². The third kappa shape index (κ3) is 7.43. The molecular weight excluding hydrogens is 487 g/mol. The molecule has 1 aliphatic rings. The van der Waals surface area contributed by atoms with Gasteiger partial charge in [0.05, 0.1) is 5.69 Å². The molecule has 3 rings (SSSR count). The van der Waals surface area contributed by atoms with Gasteiger partial charge in [-0.25, -0.2) is 0 Å². The minimum absolute atomic E-state index is 0. The van der Waals surface area contributed by atoms with E-state index in [-0.39, 0.29) is 24.0 Å². The van der Waals surface area contributed by atoms with Crippen LogP contribution in [0.3, 0.4) is 0 Å². The quantitative estimate of drug-likeness (QED) is 0.262. The number of guanidine groups is 1. The molecule has 0 aliphatic carbocycles. The summed E-state index contributed by atoms with van der Waals surface area (Å²) in [6, 6.07) is 12.6. The standard InChI is InChI=1S/C23H34N6.HI/c1-20-19-21(2)29(26-20)14-8-12-25-23(24-3)28-17-15-27(16-18-28)13-7-11-22-9-5-4-6-10-22;/h4-7,9-11,19H,8,12-18H2,1-3H3,(H,24,25);1H/b11-7+;.